The Bertz CT molecular complexity index is 3940. The van der Waals surface area contributed by atoms with Crippen molar-refractivity contribution in [3.63, 3.8) is 0 Å². The van der Waals surface area contributed by atoms with E-state index in [9.17, 15) is 0 Å². The van der Waals surface area contributed by atoms with Gasteiger partial charge in [-0.1, -0.05) is 206 Å². The monoisotopic (exact) mass is 869 g/mol. The van der Waals surface area contributed by atoms with E-state index in [1.165, 1.54) is 0 Å². The van der Waals surface area contributed by atoms with Gasteiger partial charge in [0.05, 0.1) is 33.5 Å². The predicted octanol–water partition coefficient (Wildman–Crippen LogP) is 14.9. The zero-order valence-electron chi connectivity index (χ0n) is 36.6. The van der Waals surface area contributed by atoms with Crippen LogP contribution in [0, 0.1) is 0 Å². The Balaban J connectivity index is 1.06. The average molecular weight is 870 g/mol. The van der Waals surface area contributed by atoms with Gasteiger partial charge >= 0.3 is 0 Å². The van der Waals surface area contributed by atoms with Crippen molar-refractivity contribution in [3.8, 4) is 79.4 Å². The molecule has 68 heavy (non-hydrogen) atoms. The van der Waals surface area contributed by atoms with Gasteiger partial charge in [-0.2, -0.15) is 9.97 Å². The SMILES string of the molecule is c1ccc(-c2ccc(-c3nc(-c4ccccc4)nc(-n4c5ccccc5c5ccc6c7ccccc7n(-c7cccc(-c8nc(-c9ccccc9)cc(-c9ccccc9)n8)c7)c6c54)n3)cc2)cc1. The zero-order chi connectivity index (χ0) is 45.0. The van der Waals surface area contributed by atoms with Gasteiger partial charge in [-0.25, -0.2) is 15.0 Å². The van der Waals surface area contributed by atoms with Gasteiger partial charge in [0.15, 0.2) is 17.5 Å². The van der Waals surface area contributed by atoms with Crippen molar-refractivity contribution in [2.45, 2.75) is 0 Å². The van der Waals surface area contributed by atoms with Crippen molar-refractivity contribution in [1.29, 1.82) is 0 Å². The Labute approximate surface area is 392 Å². The molecular formula is C61H39N7. The number of hydrogen-bond acceptors (Lipinski definition) is 5. The van der Waals surface area contributed by atoms with Crippen molar-refractivity contribution >= 4 is 43.6 Å². The number of aromatic nitrogens is 7. The molecule has 0 atom stereocenters. The first-order valence-corrected chi connectivity index (χ1v) is 22.8. The summed E-state index contributed by atoms with van der Waals surface area (Å²) in [6.07, 6.45) is 0. The van der Waals surface area contributed by atoms with Gasteiger partial charge in [-0.05, 0) is 41.5 Å². The van der Waals surface area contributed by atoms with Gasteiger partial charge in [0.2, 0.25) is 5.95 Å². The number of nitrogens with zero attached hydrogens (tertiary/aromatic N) is 7. The summed E-state index contributed by atoms with van der Waals surface area (Å²) in [5, 5.41) is 4.45. The minimum absolute atomic E-state index is 0.532. The van der Waals surface area contributed by atoms with E-state index in [1.54, 1.807) is 0 Å². The average Bonchev–Trinajstić information content (AvgIpc) is 3.95. The van der Waals surface area contributed by atoms with Crippen molar-refractivity contribution in [2.75, 3.05) is 0 Å². The summed E-state index contributed by atoms with van der Waals surface area (Å²) in [5.74, 6) is 2.36. The predicted molar refractivity (Wildman–Crippen MR) is 277 cm³/mol. The normalized spacial score (nSPS) is 11.5. The molecule has 7 nitrogen and oxygen atoms in total. The van der Waals surface area contributed by atoms with E-state index in [1.807, 2.05) is 60.7 Å². The number of benzene rings is 9. The van der Waals surface area contributed by atoms with E-state index in [2.05, 4.69) is 185 Å². The maximum Gasteiger partial charge on any atom is 0.238 e. The number of hydrogen-bond donors (Lipinski definition) is 0. The fraction of sp³-hybridized carbons (Fsp3) is 0. The van der Waals surface area contributed by atoms with E-state index in [0.717, 1.165) is 99.6 Å². The van der Waals surface area contributed by atoms with E-state index in [4.69, 9.17) is 24.9 Å². The fourth-order valence-electron chi connectivity index (χ4n) is 9.60. The molecule has 0 fully saturated rings. The van der Waals surface area contributed by atoms with E-state index in [0.29, 0.717) is 23.4 Å². The maximum atomic E-state index is 5.37. The maximum absolute atomic E-state index is 5.37. The van der Waals surface area contributed by atoms with Crippen LogP contribution in [0.15, 0.2) is 237 Å². The Morgan fingerprint density at radius 2 is 0.662 bits per heavy atom. The molecule has 0 N–H and O–H groups in total. The third kappa shape index (κ3) is 6.72. The second-order valence-electron chi connectivity index (χ2n) is 16.9. The van der Waals surface area contributed by atoms with Crippen LogP contribution in [0.4, 0.5) is 0 Å². The third-order valence-corrected chi connectivity index (χ3v) is 12.8. The molecule has 318 valence electrons. The minimum Gasteiger partial charge on any atom is -0.307 e. The highest BCUT2D eigenvalue weighted by molar-refractivity contribution is 6.23. The van der Waals surface area contributed by atoms with Crippen molar-refractivity contribution < 1.29 is 0 Å². The van der Waals surface area contributed by atoms with E-state index < -0.39 is 0 Å². The molecule has 0 aliphatic rings. The third-order valence-electron chi connectivity index (χ3n) is 12.8. The molecule has 0 spiro atoms. The molecule has 0 unspecified atom stereocenters. The quantitative estimate of drug-likeness (QED) is 0.152. The van der Waals surface area contributed by atoms with Crippen LogP contribution in [0.25, 0.3) is 123 Å². The Kier molecular flexibility index (Phi) is 9.35. The lowest BCUT2D eigenvalue weighted by Crippen LogP contribution is -2.07. The number of para-hydroxylation sites is 2. The summed E-state index contributed by atoms with van der Waals surface area (Å²) >= 11 is 0. The van der Waals surface area contributed by atoms with Gasteiger partial charge < -0.3 is 4.57 Å². The van der Waals surface area contributed by atoms with Gasteiger partial charge in [0.25, 0.3) is 0 Å². The second-order valence-corrected chi connectivity index (χ2v) is 16.9. The molecular weight excluding hydrogens is 831 g/mol. The van der Waals surface area contributed by atoms with Crippen molar-refractivity contribution in [2.24, 2.45) is 0 Å². The Hall–Kier alpha value is -9.33. The van der Waals surface area contributed by atoms with Gasteiger partial charge in [-0.15, -0.1) is 0 Å². The molecule has 9 aromatic carbocycles. The van der Waals surface area contributed by atoms with Crippen molar-refractivity contribution in [1.82, 2.24) is 34.1 Å². The summed E-state index contributed by atoms with van der Waals surface area (Å²) in [5.41, 5.74) is 13.9. The molecule has 0 aliphatic heterocycles. The number of rotatable bonds is 8. The fourth-order valence-corrected chi connectivity index (χ4v) is 9.60. The van der Waals surface area contributed by atoms with Gasteiger partial charge in [-0.3, -0.25) is 4.57 Å². The van der Waals surface area contributed by atoms with Crippen LogP contribution < -0.4 is 0 Å². The lowest BCUT2D eigenvalue weighted by molar-refractivity contribution is 0.953. The van der Waals surface area contributed by atoms with Crippen LogP contribution in [0.1, 0.15) is 0 Å². The minimum atomic E-state index is 0.532. The second kappa shape index (κ2) is 16.3. The molecule has 0 bridgehead atoms. The lowest BCUT2D eigenvalue weighted by atomic mass is 10.0. The summed E-state index contributed by atoms with van der Waals surface area (Å²) < 4.78 is 4.62. The van der Waals surface area contributed by atoms with Crippen LogP contribution in [0.5, 0.6) is 0 Å². The molecule has 0 amide bonds. The first-order valence-electron chi connectivity index (χ1n) is 22.8. The molecule has 0 radical (unpaired) electrons. The highest BCUT2D eigenvalue weighted by Gasteiger charge is 2.24. The van der Waals surface area contributed by atoms with Crippen LogP contribution in [0.3, 0.4) is 0 Å². The first kappa shape index (κ1) is 39.1. The van der Waals surface area contributed by atoms with Gasteiger partial charge in [0, 0.05) is 55.0 Å². The molecule has 0 aliphatic carbocycles. The van der Waals surface area contributed by atoms with E-state index >= 15 is 0 Å². The van der Waals surface area contributed by atoms with E-state index in [-0.39, 0.29) is 0 Å². The number of fused-ring (bicyclic) bond motifs is 7. The molecule has 7 heteroatoms. The molecule has 13 aromatic rings. The highest BCUT2D eigenvalue weighted by atomic mass is 15.2. The Morgan fingerprint density at radius 3 is 1.24 bits per heavy atom. The van der Waals surface area contributed by atoms with Crippen molar-refractivity contribution in [3.05, 3.63) is 237 Å². The highest BCUT2D eigenvalue weighted by Crippen LogP contribution is 2.42. The molecule has 4 aromatic heterocycles. The molecule has 0 saturated carbocycles. The van der Waals surface area contributed by atoms with Crippen LogP contribution in [0.2, 0.25) is 0 Å². The van der Waals surface area contributed by atoms with Crippen LogP contribution in [-0.4, -0.2) is 34.1 Å². The van der Waals surface area contributed by atoms with Crippen LogP contribution >= 0.6 is 0 Å². The largest absolute Gasteiger partial charge is 0.307 e. The topological polar surface area (TPSA) is 74.3 Å². The van der Waals surface area contributed by atoms with Gasteiger partial charge in [0.1, 0.15) is 0 Å². The summed E-state index contributed by atoms with van der Waals surface area (Å²) in [7, 11) is 0. The summed E-state index contributed by atoms with van der Waals surface area (Å²) in [4.78, 5) is 26.3. The lowest BCUT2D eigenvalue weighted by Gasteiger charge is -2.14. The molecule has 13 rings (SSSR count). The summed E-state index contributed by atoms with van der Waals surface area (Å²) in [6.45, 7) is 0. The molecule has 0 saturated heterocycles. The first-order chi connectivity index (χ1) is 33.7. The smallest absolute Gasteiger partial charge is 0.238 e. The summed E-state index contributed by atoms with van der Waals surface area (Å²) in [6, 6.07) is 82.1. The molecule has 4 heterocycles. The zero-order valence-corrected chi connectivity index (χ0v) is 36.6. The Morgan fingerprint density at radius 1 is 0.250 bits per heavy atom. The standard InChI is InChI=1S/C61H39N7/c1-5-18-40(19-6-1)41-32-34-45(35-33-41)59-64-58(44-24-11-4-12-25-44)65-61(66-59)68-55-31-16-14-29-49(55)51-37-36-50-48-28-13-15-30-54(48)67(56(50)57(51)68)47-27-17-26-46(38-47)60-62-52(42-20-7-2-8-21-42)39-53(63-60)43-22-9-3-10-23-43/h1-39H. The van der Waals surface area contributed by atoms with Crippen LogP contribution in [-0.2, 0) is 0 Å².